The average Bonchev–Trinajstić information content (AvgIpc) is 1.41. The van der Waals surface area contributed by atoms with E-state index in [1.807, 2.05) is 0 Å². The Morgan fingerprint density at radius 2 is 0.935 bits per heavy atom. The van der Waals surface area contributed by atoms with E-state index in [4.69, 9.17) is 45.9 Å². The van der Waals surface area contributed by atoms with E-state index in [-0.39, 0.29) is 121 Å². The third-order valence-electron chi connectivity index (χ3n) is 22.1. The van der Waals surface area contributed by atoms with E-state index in [0.29, 0.717) is 31.2 Å². The Morgan fingerprint density at radius 3 is 1.40 bits per heavy atom. The number of nitrogens with zero attached hydrogens (tertiary/aromatic N) is 4. The smallest absolute Gasteiger partial charge is 0.248 e. The maximum Gasteiger partial charge on any atom is 0.248 e. The number of nitrogens with two attached hydrogens (primary N) is 8. The molecule has 1 saturated heterocycles. The number of aliphatic hydroxyl groups excluding tert-OH is 2. The molecule has 0 unspecified atom stereocenters. The molecule has 1 aliphatic heterocycles. The summed E-state index contributed by atoms with van der Waals surface area (Å²) in [5.41, 5.74) is 39.7. The van der Waals surface area contributed by atoms with Crippen molar-refractivity contribution in [2.75, 3.05) is 32.8 Å². The first-order chi connectivity index (χ1) is 58.3. The molecule has 2 heterocycles. The third-order valence-corrected chi connectivity index (χ3v) is 22.1. The molecule has 17 amide bonds. The van der Waals surface area contributed by atoms with E-state index < -0.39 is 215 Å². The maximum atomic E-state index is 14.9. The van der Waals surface area contributed by atoms with Crippen molar-refractivity contribution in [1.29, 1.82) is 0 Å². The Hall–Kier alpha value is -11.4. The van der Waals surface area contributed by atoms with Crippen molar-refractivity contribution in [3.05, 3.63) is 30.1 Å². The van der Waals surface area contributed by atoms with Gasteiger partial charge in [0.1, 0.15) is 83.1 Å². The van der Waals surface area contributed by atoms with E-state index in [1.165, 1.54) is 58.8 Å². The van der Waals surface area contributed by atoms with Gasteiger partial charge in [-0.25, -0.2) is 0 Å². The number of nitrogens with one attached hydrogen (secondary N) is 13. The minimum atomic E-state index is -2.05. The minimum Gasteiger partial charge on any atom is -0.394 e. The van der Waals surface area contributed by atoms with Crippen LogP contribution in [0, 0.1) is 11.8 Å². The molecule has 0 aromatic carbocycles. The lowest BCUT2D eigenvalue weighted by Gasteiger charge is -2.34. The van der Waals surface area contributed by atoms with Crippen LogP contribution in [0.2, 0.25) is 0 Å². The Kier molecular flexibility index (Phi) is 43.7. The molecule has 124 heavy (non-hydrogen) atoms. The second-order valence-electron chi connectivity index (χ2n) is 33.4. The summed E-state index contributed by atoms with van der Waals surface area (Å²) in [4.78, 5) is 250. The van der Waals surface area contributed by atoms with Crippen LogP contribution in [0.15, 0.2) is 34.5 Å². The molecule has 2 aliphatic carbocycles. The number of guanidine groups is 2. The standard InChI is InChI=1S/C80H135N25O19/c1-9-80(8,104-70(119)58-28-20-38-105(58)72(121)57(43-106)92-45(3)108)75(124)100-54(41-48-31-36-89-37-32-48)66(115)98-55(40-47-23-14-11-15-24-47)69(118)103-78(4,5)73(122)99-56(42-60(83)110)67(116)94-51(25-16-17-33-81)68(117)102-79(6,7)74(123)101-61(44(2)107)71(120)96-50(27-19-35-91-77(87)88)63(112)95-52(29-30-59(82)109)65(114)93-49(26-18-34-90-76(85)86)64(113)97-53(62(84)111)39-46-21-12-10-13-22-46/h31-32,36-37,44,46-47,49-58,61,106-107H,9-30,33-35,38-43,81H2,1-8H3,(H2,82,109)(H2,83,110)(H2,84,111)(H,92,108)(H,93,114)(H,94,116)(H,95,112)(H,96,120)(H,97,113)(H,98,115)(H,99,122)(H,100,124)(H,101,123)(H,102,117)(H,103,118)(H,104,119)(H4,85,86,90)(H4,87,88,91)/t44-,49+,50+,51+,52+,53+,54+,55+,56+,57+,58-,61+,80+/m1/s1. The Morgan fingerprint density at radius 1 is 0.492 bits per heavy atom. The SMILES string of the molecule is CC[C@](C)(NC(=O)[C@H]1CCCN1C(=O)[C@H](CO)NC(C)=O)C(=O)N[C@@H](Cc1ccncc1)C(=O)N[C@@H](CC1CCCCC1)C(=O)NC(C)(C)C(=O)N[C@@H](CC(N)=O)C(=O)N[C@@H](CCCCN)C(=O)NC(C)(C)C(=O)N[C@H](C(=O)N[C@@H](CCCN=C(N)N)C(=O)N[C@@H](CCC(N)=O)C(=O)N[C@@H](CCCN=C(N)N)C(=O)N[C@@H](CC1CCCCC1)C(N)=O)[C@@H](C)O. The summed E-state index contributed by atoms with van der Waals surface area (Å²) >= 11 is 0. The van der Waals surface area contributed by atoms with Gasteiger partial charge in [0, 0.05) is 51.8 Å². The van der Waals surface area contributed by atoms with Crippen molar-refractivity contribution in [2.45, 2.75) is 312 Å². The maximum absolute atomic E-state index is 14.9. The lowest BCUT2D eigenvalue weighted by atomic mass is 9.84. The zero-order valence-electron chi connectivity index (χ0n) is 72.6. The molecule has 0 radical (unpaired) electrons. The normalized spacial score (nSPS) is 17.5. The Bertz CT molecular complexity index is 3890. The quantitative estimate of drug-likeness (QED) is 0.0164. The predicted octanol–water partition coefficient (Wildman–Crippen LogP) is -6.27. The van der Waals surface area contributed by atoms with Crippen LogP contribution < -0.4 is 115 Å². The van der Waals surface area contributed by atoms with Gasteiger partial charge in [0.2, 0.25) is 100 Å². The summed E-state index contributed by atoms with van der Waals surface area (Å²) in [5.74, 6) is -16.4. The van der Waals surface area contributed by atoms with Gasteiger partial charge in [-0.1, -0.05) is 71.1 Å². The summed E-state index contributed by atoms with van der Waals surface area (Å²) in [6, 6.07) is -13.2. The van der Waals surface area contributed by atoms with Crippen molar-refractivity contribution >= 4 is 112 Å². The first kappa shape index (κ1) is 105. The summed E-state index contributed by atoms with van der Waals surface area (Å²) < 4.78 is 0. The molecule has 3 aliphatic rings. The Balaban J connectivity index is 1.57. The largest absolute Gasteiger partial charge is 0.394 e. The molecule has 4 rings (SSSR count). The van der Waals surface area contributed by atoms with Gasteiger partial charge in [-0.3, -0.25) is 96.5 Å². The van der Waals surface area contributed by atoms with Crippen molar-refractivity contribution in [1.82, 2.24) is 79.0 Å². The molecule has 31 N–H and O–H groups in total. The van der Waals surface area contributed by atoms with Gasteiger partial charge in [0.05, 0.1) is 19.1 Å². The third kappa shape index (κ3) is 35.8. The fraction of sp³-hybridized carbons (Fsp3) is 0.700. The highest BCUT2D eigenvalue weighted by molar-refractivity contribution is 6.03. The highest BCUT2D eigenvalue weighted by atomic mass is 16.3. The first-order valence-electron chi connectivity index (χ1n) is 42.5. The van der Waals surface area contributed by atoms with Gasteiger partial charge >= 0.3 is 0 Å². The number of unbranched alkanes of at least 4 members (excludes halogenated alkanes) is 1. The van der Waals surface area contributed by atoms with E-state index >= 15 is 0 Å². The van der Waals surface area contributed by atoms with E-state index in [9.17, 15) is 91.7 Å². The molecule has 3 fully saturated rings. The van der Waals surface area contributed by atoms with Crippen LogP contribution in [0.3, 0.4) is 0 Å². The summed E-state index contributed by atoms with van der Waals surface area (Å²) in [5, 5.41) is 54.5. The lowest BCUT2D eigenvalue weighted by molar-refractivity contribution is -0.144. The number of pyridine rings is 1. The first-order valence-corrected chi connectivity index (χ1v) is 42.5. The molecule has 13 atom stereocenters. The molecular weight excluding hydrogens is 1620 g/mol. The van der Waals surface area contributed by atoms with Gasteiger partial charge < -0.3 is 130 Å². The molecule has 44 nitrogen and oxygen atoms in total. The predicted molar refractivity (Wildman–Crippen MR) is 454 cm³/mol. The summed E-state index contributed by atoms with van der Waals surface area (Å²) in [6.45, 7) is 9.68. The number of aliphatic imine (C=N–C) groups is 2. The Labute approximate surface area is 722 Å². The van der Waals surface area contributed by atoms with Crippen LogP contribution >= 0.6 is 0 Å². The average molecular weight is 1750 g/mol. The molecule has 1 aromatic rings. The molecule has 2 saturated carbocycles. The van der Waals surface area contributed by atoms with Gasteiger partial charge in [0.15, 0.2) is 11.9 Å². The van der Waals surface area contributed by atoms with E-state index in [1.54, 1.807) is 19.1 Å². The number of primary amides is 3. The molecule has 1 aromatic heterocycles. The number of carbonyl (C=O) groups is 17. The summed E-state index contributed by atoms with van der Waals surface area (Å²) in [7, 11) is 0. The van der Waals surface area contributed by atoms with Crippen molar-refractivity contribution in [3.63, 3.8) is 0 Å². The fourth-order valence-corrected chi connectivity index (χ4v) is 14.7. The molecular formula is C80H135N25O19. The molecule has 0 bridgehead atoms. The number of carbonyl (C=O) groups excluding carboxylic acids is 17. The number of amides is 17. The highest BCUT2D eigenvalue weighted by Gasteiger charge is 2.45. The van der Waals surface area contributed by atoms with Crippen LogP contribution in [0.1, 0.15) is 221 Å². The van der Waals surface area contributed by atoms with Crippen LogP contribution in [-0.2, 0) is 87.9 Å². The number of rotatable bonds is 53. The minimum absolute atomic E-state index is 0.00695. The van der Waals surface area contributed by atoms with Gasteiger partial charge in [0.25, 0.3) is 0 Å². The van der Waals surface area contributed by atoms with Crippen molar-refractivity contribution in [2.24, 2.45) is 67.7 Å². The van der Waals surface area contributed by atoms with Gasteiger partial charge in [-0.15, -0.1) is 0 Å². The number of hydrogen-bond acceptors (Lipinski definition) is 23. The van der Waals surface area contributed by atoms with Crippen LogP contribution in [-0.4, -0.2) is 254 Å². The topological polar surface area (TPSA) is 736 Å². The van der Waals surface area contributed by atoms with Crippen LogP contribution in [0.25, 0.3) is 0 Å². The van der Waals surface area contributed by atoms with Crippen molar-refractivity contribution in [3.8, 4) is 0 Å². The monoisotopic (exact) mass is 1750 g/mol. The second-order valence-corrected chi connectivity index (χ2v) is 33.4. The highest BCUT2D eigenvalue weighted by Crippen LogP contribution is 2.30. The van der Waals surface area contributed by atoms with E-state index in [0.717, 1.165) is 58.3 Å². The number of aliphatic hydroxyl groups is 2. The van der Waals surface area contributed by atoms with Crippen molar-refractivity contribution < 1.29 is 91.7 Å². The molecule has 694 valence electrons. The molecule has 44 heteroatoms. The number of likely N-dealkylation sites (tertiary alicyclic amines) is 1. The molecule has 0 spiro atoms. The number of hydrogen-bond donors (Lipinski definition) is 23. The van der Waals surface area contributed by atoms with Crippen LogP contribution in [0.4, 0.5) is 0 Å². The number of aromatic nitrogens is 1. The van der Waals surface area contributed by atoms with E-state index in [2.05, 4.69) is 84.1 Å². The van der Waals surface area contributed by atoms with Crippen LogP contribution in [0.5, 0.6) is 0 Å². The second kappa shape index (κ2) is 51.6. The summed E-state index contributed by atoms with van der Waals surface area (Å²) in [6.07, 6.45) is 8.38. The van der Waals surface area contributed by atoms with Gasteiger partial charge in [-0.2, -0.15) is 0 Å². The lowest BCUT2D eigenvalue weighted by Crippen LogP contribution is -2.65. The zero-order chi connectivity index (χ0) is 92.8. The zero-order valence-corrected chi connectivity index (χ0v) is 72.6. The fourth-order valence-electron chi connectivity index (χ4n) is 14.7. The van der Waals surface area contributed by atoms with Gasteiger partial charge in [-0.05, 0) is 161 Å².